The minimum absolute atomic E-state index is 0.116. The van der Waals surface area contributed by atoms with Crippen LogP contribution in [0.3, 0.4) is 0 Å². The Balaban J connectivity index is 4.79. The van der Waals surface area contributed by atoms with Crippen LogP contribution in [0.4, 0.5) is 0 Å². The van der Waals surface area contributed by atoms with Crippen LogP contribution in [0.15, 0.2) is 0 Å². The largest absolute Gasteiger partial charge is 0.391 e. The summed E-state index contributed by atoms with van der Waals surface area (Å²) in [6, 6.07) is 0. The lowest BCUT2D eigenvalue weighted by Gasteiger charge is -2.39. The van der Waals surface area contributed by atoms with Crippen molar-refractivity contribution in [2.75, 3.05) is 0 Å². The SMILES string of the molecule is CCC(C)(C)[SiH](OC(C)(C)C)OC(C)(C)C. The third-order valence-electron chi connectivity index (χ3n) is 2.47. The lowest BCUT2D eigenvalue weighted by molar-refractivity contribution is 0.0222. The molecule has 0 unspecified atom stereocenters. The first-order chi connectivity index (χ1) is 6.87. The van der Waals surface area contributed by atoms with Gasteiger partial charge in [-0.25, -0.2) is 0 Å². The zero-order valence-corrected chi connectivity index (χ0v) is 13.8. The fourth-order valence-corrected chi connectivity index (χ4v) is 3.46. The minimum Gasteiger partial charge on any atom is -0.391 e. The van der Waals surface area contributed by atoms with Gasteiger partial charge in [0.2, 0.25) is 0 Å². The third-order valence-corrected chi connectivity index (χ3v) is 6.00. The molecule has 0 radical (unpaired) electrons. The maximum atomic E-state index is 6.19. The van der Waals surface area contributed by atoms with Crippen molar-refractivity contribution in [1.82, 2.24) is 0 Å². The van der Waals surface area contributed by atoms with Crippen LogP contribution in [0.2, 0.25) is 5.04 Å². The first kappa shape index (κ1) is 16.1. The van der Waals surface area contributed by atoms with Gasteiger partial charge in [0.05, 0.1) is 0 Å². The molecule has 0 saturated carbocycles. The molecule has 3 heteroatoms. The highest BCUT2D eigenvalue weighted by atomic mass is 28.3. The Labute approximate surface area is 104 Å². The molecule has 0 aromatic heterocycles. The van der Waals surface area contributed by atoms with Gasteiger partial charge in [0.15, 0.2) is 0 Å². The monoisotopic (exact) mass is 246 g/mol. The lowest BCUT2D eigenvalue weighted by Crippen LogP contribution is -2.45. The summed E-state index contributed by atoms with van der Waals surface area (Å²) in [5.41, 5.74) is -0.233. The molecule has 0 aromatic rings. The van der Waals surface area contributed by atoms with Crippen LogP contribution in [0.1, 0.15) is 68.7 Å². The predicted molar refractivity (Wildman–Crippen MR) is 73.2 cm³/mol. The maximum Gasteiger partial charge on any atom is 0.328 e. The smallest absolute Gasteiger partial charge is 0.328 e. The first-order valence-electron chi connectivity index (χ1n) is 6.23. The van der Waals surface area contributed by atoms with E-state index in [-0.39, 0.29) is 16.2 Å². The Hall–Kier alpha value is 0.137. The summed E-state index contributed by atoms with van der Waals surface area (Å²) in [6.45, 7) is 19.3. The van der Waals surface area contributed by atoms with Gasteiger partial charge in [-0.2, -0.15) is 0 Å². The van der Waals surface area contributed by atoms with Gasteiger partial charge in [-0.15, -0.1) is 0 Å². The molecule has 0 aromatic carbocycles. The highest BCUT2D eigenvalue weighted by Crippen LogP contribution is 2.37. The van der Waals surface area contributed by atoms with E-state index in [2.05, 4.69) is 62.3 Å². The topological polar surface area (TPSA) is 18.5 Å². The van der Waals surface area contributed by atoms with E-state index < -0.39 is 9.28 Å². The summed E-state index contributed by atoms with van der Waals surface area (Å²) in [5.74, 6) is 0. The first-order valence-corrected chi connectivity index (χ1v) is 7.75. The van der Waals surface area contributed by atoms with Crippen molar-refractivity contribution in [2.24, 2.45) is 0 Å². The summed E-state index contributed by atoms with van der Waals surface area (Å²) in [7, 11) is -1.69. The van der Waals surface area contributed by atoms with Crippen LogP contribution in [-0.2, 0) is 8.85 Å². The quantitative estimate of drug-likeness (QED) is 0.697. The van der Waals surface area contributed by atoms with Crippen LogP contribution in [0, 0.1) is 0 Å². The standard InChI is InChI=1S/C13H30O2Si/c1-10-13(8,9)16(14-11(2,3)4)15-12(5,6)7/h16H,10H2,1-9H3. The van der Waals surface area contributed by atoms with Gasteiger partial charge >= 0.3 is 9.28 Å². The molecule has 0 heterocycles. The molecule has 0 amide bonds. The molecule has 0 rings (SSSR count). The van der Waals surface area contributed by atoms with Crippen molar-refractivity contribution < 1.29 is 8.85 Å². The average Bonchev–Trinajstić information content (AvgIpc) is 1.97. The lowest BCUT2D eigenvalue weighted by atomic mass is 10.1. The minimum atomic E-state index is -1.69. The Kier molecular flexibility index (Phi) is 5.24. The Morgan fingerprint density at radius 2 is 1.06 bits per heavy atom. The second-order valence-electron chi connectivity index (χ2n) is 7.13. The molecule has 0 aliphatic carbocycles. The second kappa shape index (κ2) is 5.19. The average molecular weight is 246 g/mol. The van der Waals surface area contributed by atoms with E-state index >= 15 is 0 Å². The molecule has 0 aliphatic rings. The molecule has 0 atom stereocenters. The molecule has 0 aliphatic heterocycles. The molecule has 16 heavy (non-hydrogen) atoms. The molecule has 0 saturated heterocycles. The molecule has 0 fully saturated rings. The van der Waals surface area contributed by atoms with Crippen LogP contribution in [0.25, 0.3) is 0 Å². The Morgan fingerprint density at radius 3 is 1.25 bits per heavy atom. The van der Waals surface area contributed by atoms with Gasteiger partial charge in [0.1, 0.15) is 0 Å². The van der Waals surface area contributed by atoms with Crippen LogP contribution in [0.5, 0.6) is 0 Å². The molecule has 2 nitrogen and oxygen atoms in total. The van der Waals surface area contributed by atoms with Gasteiger partial charge in [0.25, 0.3) is 0 Å². The maximum absolute atomic E-state index is 6.19. The van der Waals surface area contributed by atoms with Crippen molar-refractivity contribution in [3.05, 3.63) is 0 Å². The number of rotatable bonds is 4. The van der Waals surface area contributed by atoms with Crippen molar-refractivity contribution in [3.63, 3.8) is 0 Å². The van der Waals surface area contributed by atoms with E-state index in [1.807, 2.05) is 0 Å². The molecule has 0 spiro atoms. The predicted octanol–water partition coefficient (Wildman–Crippen LogP) is 4.03. The van der Waals surface area contributed by atoms with E-state index in [4.69, 9.17) is 8.85 Å². The third kappa shape index (κ3) is 6.66. The van der Waals surface area contributed by atoms with Crippen molar-refractivity contribution in [3.8, 4) is 0 Å². The summed E-state index contributed by atoms with van der Waals surface area (Å²) in [4.78, 5) is 0. The van der Waals surface area contributed by atoms with E-state index in [0.717, 1.165) is 6.42 Å². The summed E-state index contributed by atoms with van der Waals surface area (Å²) >= 11 is 0. The van der Waals surface area contributed by atoms with Gasteiger partial charge < -0.3 is 8.85 Å². The normalized spacial score (nSPS) is 14.6. The highest BCUT2D eigenvalue weighted by molar-refractivity contribution is 6.48. The van der Waals surface area contributed by atoms with E-state index in [1.165, 1.54) is 0 Å². The van der Waals surface area contributed by atoms with Gasteiger partial charge in [-0.05, 0) is 48.0 Å². The van der Waals surface area contributed by atoms with E-state index in [0.29, 0.717) is 0 Å². The van der Waals surface area contributed by atoms with E-state index in [1.54, 1.807) is 0 Å². The van der Waals surface area contributed by atoms with Crippen LogP contribution >= 0.6 is 0 Å². The Bertz CT molecular complexity index is 195. The molecule has 98 valence electrons. The van der Waals surface area contributed by atoms with Crippen molar-refractivity contribution >= 4 is 9.28 Å². The molecular formula is C13H30O2Si. The summed E-state index contributed by atoms with van der Waals surface area (Å²) < 4.78 is 12.4. The fraction of sp³-hybridized carbons (Fsp3) is 1.00. The van der Waals surface area contributed by atoms with Gasteiger partial charge in [-0.1, -0.05) is 20.8 Å². The van der Waals surface area contributed by atoms with Crippen molar-refractivity contribution in [2.45, 2.75) is 85.0 Å². The zero-order chi connectivity index (χ0) is 13.2. The summed E-state index contributed by atoms with van der Waals surface area (Å²) in [6.07, 6.45) is 1.09. The van der Waals surface area contributed by atoms with Gasteiger partial charge in [0, 0.05) is 16.2 Å². The second-order valence-corrected chi connectivity index (χ2v) is 9.83. The molecule has 0 bridgehead atoms. The van der Waals surface area contributed by atoms with Crippen molar-refractivity contribution in [1.29, 1.82) is 0 Å². The van der Waals surface area contributed by atoms with Gasteiger partial charge in [-0.3, -0.25) is 0 Å². The highest BCUT2D eigenvalue weighted by Gasteiger charge is 2.38. The van der Waals surface area contributed by atoms with Crippen LogP contribution in [-0.4, -0.2) is 20.5 Å². The zero-order valence-electron chi connectivity index (χ0n) is 12.6. The van der Waals surface area contributed by atoms with E-state index in [9.17, 15) is 0 Å². The Morgan fingerprint density at radius 1 is 0.750 bits per heavy atom. The van der Waals surface area contributed by atoms with Crippen LogP contribution < -0.4 is 0 Å². The number of hydrogen-bond donors (Lipinski definition) is 0. The number of hydrogen-bond acceptors (Lipinski definition) is 2. The summed E-state index contributed by atoms with van der Waals surface area (Å²) in [5, 5.41) is 0.167. The molecule has 0 N–H and O–H groups in total. The fourth-order valence-electron chi connectivity index (χ4n) is 1.15. The molecular weight excluding hydrogens is 216 g/mol.